The van der Waals surface area contributed by atoms with E-state index in [0.717, 1.165) is 28.7 Å². The smallest absolute Gasteiger partial charge is 0.261 e. The van der Waals surface area contributed by atoms with Gasteiger partial charge < -0.3 is 15.0 Å². The van der Waals surface area contributed by atoms with Crippen molar-refractivity contribution in [1.82, 2.24) is 10.2 Å². The molecule has 5 heteroatoms. The molecule has 0 unspecified atom stereocenters. The summed E-state index contributed by atoms with van der Waals surface area (Å²) in [5.74, 6) is 0.251. The lowest BCUT2D eigenvalue weighted by atomic mass is 10.0. The number of rotatable bonds is 11. The Labute approximate surface area is 202 Å². The van der Waals surface area contributed by atoms with Crippen molar-refractivity contribution >= 4 is 11.8 Å². The van der Waals surface area contributed by atoms with Gasteiger partial charge in [-0.25, -0.2) is 0 Å². The Morgan fingerprint density at radius 1 is 0.882 bits per heavy atom. The Morgan fingerprint density at radius 2 is 1.59 bits per heavy atom. The zero-order chi connectivity index (χ0) is 24.3. The van der Waals surface area contributed by atoms with Gasteiger partial charge in [0.25, 0.3) is 5.91 Å². The zero-order valence-corrected chi connectivity index (χ0v) is 20.3. The zero-order valence-electron chi connectivity index (χ0n) is 20.3. The number of aryl methyl sites for hydroxylation is 2. The molecule has 0 fully saturated rings. The summed E-state index contributed by atoms with van der Waals surface area (Å²) in [6.07, 6.45) is 1.25. The molecule has 0 aromatic heterocycles. The Bertz CT molecular complexity index is 1060. The molecule has 3 aromatic carbocycles. The summed E-state index contributed by atoms with van der Waals surface area (Å²) in [6, 6.07) is 24.8. The second-order valence-electron chi connectivity index (χ2n) is 8.61. The Morgan fingerprint density at radius 3 is 2.26 bits per heavy atom. The number of hydrogen-bond acceptors (Lipinski definition) is 3. The molecule has 0 heterocycles. The van der Waals surface area contributed by atoms with Gasteiger partial charge in [-0.05, 0) is 43.5 Å². The Hall–Kier alpha value is -3.60. The molecule has 0 bridgehead atoms. The maximum absolute atomic E-state index is 13.5. The third kappa shape index (κ3) is 7.48. The molecule has 0 saturated heterocycles. The van der Waals surface area contributed by atoms with Crippen LogP contribution < -0.4 is 10.1 Å². The average molecular weight is 459 g/mol. The number of carbonyl (C=O) groups excluding carboxylic acids is 2. The summed E-state index contributed by atoms with van der Waals surface area (Å²) in [5, 5.41) is 2.99. The van der Waals surface area contributed by atoms with E-state index in [1.54, 1.807) is 4.90 Å². The molecule has 178 valence electrons. The summed E-state index contributed by atoms with van der Waals surface area (Å²) < 4.78 is 5.80. The first-order valence-electron chi connectivity index (χ1n) is 11.8. The van der Waals surface area contributed by atoms with Crippen LogP contribution in [0.5, 0.6) is 5.75 Å². The molecule has 3 rings (SSSR count). The standard InChI is InChI=1S/C29H34N2O3/c1-4-17-30-29(33)27(19-24-10-6-5-7-11-24)31(20-25-12-8-9-23(3)18-25)28(32)21-34-26-15-13-22(2)14-16-26/h5-16,18,27H,4,17,19-21H2,1-3H3,(H,30,33)/t27-/m0/s1. The first-order valence-corrected chi connectivity index (χ1v) is 11.8. The SMILES string of the molecule is CCCNC(=O)[C@H](Cc1ccccc1)N(Cc1cccc(C)c1)C(=O)COc1ccc(C)cc1. The van der Waals surface area contributed by atoms with Crippen LogP contribution in [0.4, 0.5) is 0 Å². The topological polar surface area (TPSA) is 58.6 Å². The van der Waals surface area contributed by atoms with Gasteiger partial charge in [-0.1, -0.05) is 84.8 Å². The number of nitrogens with zero attached hydrogens (tertiary/aromatic N) is 1. The van der Waals surface area contributed by atoms with Crippen LogP contribution in [0.2, 0.25) is 0 Å². The summed E-state index contributed by atoms with van der Waals surface area (Å²) in [6.45, 7) is 6.79. The Balaban J connectivity index is 1.88. The van der Waals surface area contributed by atoms with Gasteiger partial charge in [0.05, 0.1) is 0 Å². The largest absolute Gasteiger partial charge is 0.484 e. The minimum atomic E-state index is -0.649. The van der Waals surface area contributed by atoms with E-state index in [9.17, 15) is 9.59 Å². The number of ether oxygens (including phenoxy) is 1. The van der Waals surface area contributed by atoms with Crippen molar-refractivity contribution in [2.75, 3.05) is 13.2 Å². The predicted octanol–water partition coefficient (Wildman–Crippen LogP) is 4.85. The van der Waals surface area contributed by atoms with Crippen LogP contribution in [0.15, 0.2) is 78.9 Å². The van der Waals surface area contributed by atoms with Crippen LogP contribution in [-0.4, -0.2) is 35.9 Å². The summed E-state index contributed by atoms with van der Waals surface area (Å²) in [7, 11) is 0. The lowest BCUT2D eigenvalue weighted by molar-refractivity contribution is -0.142. The summed E-state index contributed by atoms with van der Waals surface area (Å²) in [4.78, 5) is 28.4. The molecule has 1 N–H and O–H groups in total. The van der Waals surface area contributed by atoms with Gasteiger partial charge in [-0.2, -0.15) is 0 Å². The second kappa shape index (κ2) is 12.6. The fourth-order valence-corrected chi connectivity index (χ4v) is 3.79. The molecule has 2 amide bonds. The van der Waals surface area contributed by atoms with Crippen molar-refractivity contribution in [1.29, 1.82) is 0 Å². The third-order valence-electron chi connectivity index (χ3n) is 5.64. The fourth-order valence-electron chi connectivity index (χ4n) is 3.79. The molecule has 0 spiro atoms. The number of benzene rings is 3. The second-order valence-corrected chi connectivity index (χ2v) is 8.61. The number of hydrogen-bond donors (Lipinski definition) is 1. The maximum atomic E-state index is 13.5. The van der Waals surface area contributed by atoms with Crippen molar-refractivity contribution < 1.29 is 14.3 Å². The quantitative estimate of drug-likeness (QED) is 0.447. The van der Waals surface area contributed by atoms with Crippen LogP contribution in [0.1, 0.15) is 35.6 Å². The summed E-state index contributed by atoms with van der Waals surface area (Å²) >= 11 is 0. The minimum Gasteiger partial charge on any atom is -0.484 e. The lowest BCUT2D eigenvalue weighted by Gasteiger charge is -2.31. The highest BCUT2D eigenvalue weighted by Crippen LogP contribution is 2.17. The van der Waals surface area contributed by atoms with Gasteiger partial charge in [0.15, 0.2) is 6.61 Å². The van der Waals surface area contributed by atoms with Gasteiger partial charge >= 0.3 is 0 Å². The van der Waals surface area contributed by atoms with Crippen molar-refractivity contribution in [3.05, 3.63) is 101 Å². The highest BCUT2D eigenvalue weighted by Gasteiger charge is 2.30. The van der Waals surface area contributed by atoms with Crippen LogP contribution in [0, 0.1) is 13.8 Å². The maximum Gasteiger partial charge on any atom is 0.261 e. The van der Waals surface area contributed by atoms with E-state index in [2.05, 4.69) is 5.32 Å². The number of nitrogens with one attached hydrogen (secondary N) is 1. The van der Waals surface area contributed by atoms with Crippen molar-refractivity contribution in [3.63, 3.8) is 0 Å². The van der Waals surface area contributed by atoms with Gasteiger partial charge in [-0.15, -0.1) is 0 Å². The van der Waals surface area contributed by atoms with E-state index < -0.39 is 6.04 Å². The van der Waals surface area contributed by atoms with Gasteiger partial charge in [0.1, 0.15) is 11.8 Å². The van der Waals surface area contributed by atoms with E-state index in [1.807, 2.05) is 99.6 Å². The van der Waals surface area contributed by atoms with E-state index >= 15 is 0 Å². The molecule has 3 aromatic rings. The predicted molar refractivity (Wildman–Crippen MR) is 136 cm³/mol. The van der Waals surface area contributed by atoms with Gasteiger partial charge in [0, 0.05) is 19.5 Å². The summed E-state index contributed by atoms with van der Waals surface area (Å²) in [5.41, 5.74) is 4.21. The van der Waals surface area contributed by atoms with E-state index in [4.69, 9.17) is 4.74 Å². The van der Waals surface area contributed by atoms with Crippen molar-refractivity contribution in [2.45, 2.75) is 46.2 Å². The average Bonchev–Trinajstić information content (AvgIpc) is 2.85. The van der Waals surface area contributed by atoms with Crippen LogP contribution in [0.3, 0.4) is 0 Å². The van der Waals surface area contributed by atoms with Gasteiger partial charge in [0.2, 0.25) is 5.91 Å². The van der Waals surface area contributed by atoms with E-state index in [0.29, 0.717) is 25.3 Å². The van der Waals surface area contributed by atoms with Crippen molar-refractivity contribution in [2.24, 2.45) is 0 Å². The number of carbonyl (C=O) groups is 2. The monoisotopic (exact) mass is 458 g/mol. The molecule has 0 saturated carbocycles. The highest BCUT2D eigenvalue weighted by atomic mass is 16.5. The first kappa shape index (κ1) is 25.0. The van der Waals surface area contributed by atoms with E-state index in [-0.39, 0.29) is 18.4 Å². The van der Waals surface area contributed by atoms with Crippen LogP contribution in [0.25, 0.3) is 0 Å². The molecule has 0 aliphatic carbocycles. The molecule has 1 atom stereocenters. The van der Waals surface area contributed by atoms with Crippen molar-refractivity contribution in [3.8, 4) is 5.75 Å². The van der Waals surface area contributed by atoms with Crippen LogP contribution >= 0.6 is 0 Å². The molecular weight excluding hydrogens is 424 g/mol. The third-order valence-corrected chi connectivity index (χ3v) is 5.64. The molecule has 0 radical (unpaired) electrons. The van der Waals surface area contributed by atoms with Gasteiger partial charge in [-0.3, -0.25) is 9.59 Å². The normalized spacial score (nSPS) is 11.5. The minimum absolute atomic E-state index is 0.138. The number of amides is 2. The molecule has 5 nitrogen and oxygen atoms in total. The molecule has 34 heavy (non-hydrogen) atoms. The Kier molecular flexibility index (Phi) is 9.27. The highest BCUT2D eigenvalue weighted by molar-refractivity contribution is 5.88. The lowest BCUT2D eigenvalue weighted by Crippen LogP contribution is -2.51. The molecular formula is C29H34N2O3. The fraction of sp³-hybridized carbons (Fsp3) is 0.310. The van der Waals surface area contributed by atoms with Crippen LogP contribution in [-0.2, 0) is 22.6 Å². The molecule has 0 aliphatic heterocycles. The molecule has 0 aliphatic rings. The van der Waals surface area contributed by atoms with E-state index in [1.165, 1.54) is 0 Å². The first-order chi connectivity index (χ1) is 16.5.